The van der Waals surface area contributed by atoms with E-state index in [0.717, 1.165) is 12.2 Å². The largest absolute Gasteiger partial charge is 0.489 e. The maximum atomic E-state index is 5.84. The molecule has 1 aromatic heterocycles. The standard InChI is InChI=1S/C15H20N4O2/c1-5-16-14-13(20-4)15(18-10-17-14)21-12-8-6-7-11(9-12)19(2)3/h6-10H,5H2,1-4H3,(H,16,17,18). The van der Waals surface area contributed by atoms with Crippen molar-refractivity contribution in [3.8, 4) is 17.4 Å². The van der Waals surface area contributed by atoms with Crippen molar-refractivity contribution >= 4 is 11.5 Å². The third-order valence-electron chi connectivity index (χ3n) is 2.87. The Kier molecular flexibility index (Phi) is 4.81. The van der Waals surface area contributed by atoms with Gasteiger partial charge in [-0.1, -0.05) is 6.07 Å². The van der Waals surface area contributed by atoms with Gasteiger partial charge >= 0.3 is 0 Å². The van der Waals surface area contributed by atoms with E-state index in [0.29, 0.717) is 23.2 Å². The highest BCUT2D eigenvalue weighted by Gasteiger charge is 2.14. The van der Waals surface area contributed by atoms with E-state index in [9.17, 15) is 0 Å². The van der Waals surface area contributed by atoms with Crippen LogP contribution in [0.1, 0.15) is 6.92 Å². The molecule has 0 aliphatic rings. The first-order chi connectivity index (χ1) is 10.2. The normalized spacial score (nSPS) is 10.1. The second-order valence-electron chi connectivity index (χ2n) is 4.58. The monoisotopic (exact) mass is 288 g/mol. The number of hydrogen-bond donors (Lipinski definition) is 1. The zero-order valence-corrected chi connectivity index (χ0v) is 12.8. The number of hydrogen-bond acceptors (Lipinski definition) is 6. The lowest BCUT2D eigenvalue weighted by Gasteiger charge is -2.15. The molecule has 0 atom stereocenters. The zero-order valence-electron chi connectivity index (χ0n) is 12.8. The molecule has 2 rings (SSSR count). The molecule has 21 heavy (non-hydrogen) atoms. The van der Waals surface area contributed by atoms with Gasteiger partial charge in [0.15, 0.2) is 5.82 Å². The van der Waals surface area contributed by atoms with E-state index in [1.54, 1.807) is 7.11 Å². The lowest BCUT2D eigenvalue weighted by Crippen LogP contribution is -2.08. The molecular weight excluding hydrogens is 268 g/mol. The van der Waals surface area contributed by atoms with Gasteiger partial charge in [0.2, 0.25) is 5.75 Å². The first kappa shape index (κ1) is 14.9. The Morgan fingerprint density at radius 3 is 2.71 bits per heavy atom. The topological polar surface area (TPSA) is 59.5 Å². The highest BCUT2D eigenvalue weighted by atomic mass is 16.5. The molecule has 0 amide bonds. The SMILES string of the molecule is CCNc1ncnc(Oc2cccc(N(C)C)c2)c1OC. The van der Waals surface area contributed by atoms with Crippen molar-refractivity contribution in [1.29, 1.82) is 0 Å². The third kappa shape index (κ3) is 3.53. The Morgan fingerprint density at radius 1 is 1.24 bits per heavy atom. The van der Waals surface area contributed by atoms with Gasteiger partial charge in [0, 0.05) is 32.4 Å². The fraction of sp³-hybridized carbons (Fsp3) is 0.333. The molecule has 2 aromatic rings. The van der Waals surface area contributed by atoms with Gasteiger partial charge in [-0.05, 0) is 19.1 Å². The number of ether oxygens (including phenoxy) is 2. The highest BCUT2D eigenvalue weighted by Crippen LogP contribution is 2.34. The van der Waals surface area contributed by atoms with Crippen LogP contribution in [-0.2, 0) is 0 Å². The summed E-state index contributed by atoms with van der Waals surface area (Å²) in [6, 6.07) is 7.76. The predicted octanol–water partition coefficient (Wildman–Crippen LogP) is 2.78. The van der Waals surface area contributed by atoms with Crippen LogP contribution in [-0.4, -0.2) is 37.7 Å². The first-order valence-electron chi connectivity index (χ1n) is 6.73. The minimum atomic E-state index is 0.388. The summed E-state index contributed by atoms with van der Waals surface area (Å²) in [6.45, 7) is 2.73. The van der Waals surface area contributed by atoms with Crippen LogP contribution in [0.25, 0.3) is 0 Å². The van der Waals surface area contributed by atoms with Crippen molar-refractivity contribution < 1.29 is 9.47 Å². The van der Waals surface area contributed by atoms with E-state index in [4.69, 9.17) is 9.47 Å². The molecule has 0 bridgehead atoms. The second kappa shape index (κ2) is 6.78. The highest BCUT2D eigenvalue weighted by molar-refractivity contribution is 5.57. The second-order valence-corrected chi connectivity index (χ2v) is 4.58. The molecule has 0 spiro atoms. The molecule has 0 aliphatic heterocycles. The summed E-state index contributed by atoms with van der Waals surface area (Å²) in [6.07, 6.45) is 1.45. The van der Waals surface area contributed by atoms with Gasteiger partial charge in [-0.3, -0.25) is 0 Å². The quantitative estimate of drug-likeness (QED) is 0.882. The number of benzene rings is 1. The lowest BCUT2D eigenvalue weighted by molar-refractivity contribution is 0.369. The van der Waals surface area contributed by atoms with Crippen molar-refractivity contribution in [3.05, 3.63) is 30.6 Å². The Bertz CT molecular complexity index is 602. The van der Waals surface area contributed by atoms with Crippen LogP contribution in [0.4, 0.5) is 11.5 Å². The minimum absolute atomic E-state index is 0.388. The molecule has 0 saturated heterocycles. The van der Waals surface area contributed by atoms with Gasteiger partial charge in [-0.2, -0.15) is 4.98 Å². The molecule has 0 fully saturated rings. The zero-order chi connectivity index (χ0) is 15.2. The Balaban J connectivity index is 2.30. The van der Waals surface area contributed by atoms with Gasteiger partial charge in [-0.25, -0.2) is 4.98 Å². The van der Waals surface area contributed by atoms with E-state index in [-0.39, 0.29) is 0 Å². The average Bonchev–Trinajstić information content (AvgIpc) is 2.48. The fourth-order valence-corrected chi connectivity index (χ4v) is 1.84. The fourth-order valence-electron chi connectivity index (χ4n) is 1.84. The number of rotatable bonds is 6. The Morgan fingerprint density at radius 2 is 2.05 bits per heavy atom. The van der Waals surface area contributed by atoms with Crippen LogP contribution in [0.5, 0.6) is 17.4 Å². The van der Waals surface area contributed by atoms with E-state index in [1.165, 1.54) is 6.33 Å². The molecule has 0 unspecified atom stereocenters. The van der Waals surface area contributed by atoms with Gasteiger partial charge in [-0.15, -0.1) is 0 Å². The van der Waals surface area contributed by atoms with E-state index in [1.807, 2.05) is 50.2 Å². The number of nitrogens with one attached hydrogen (secondary N) is 1. The summed E-state index contributed by atoms with van der Waals surface area (Å²) >= 11 is 0. The summed E-state index contributed by atoms with van der Waals surface area (Å²) in [4.78, 5) is 10.3. The average molecular weight is 288 g/mol. The Labute approximate surface area is 124 Å². The van der Waals surface area contributed by atoms with Crippen LogP contribution >= 0.6 is 0 Å². The maximum absolute atomic E-state index is 5.84. The molecule has 0 saturated carbocycles. The third-order valence-corrected chi connectivity index (χ3v) is 2.87. The molecule has 1 heterocycles. The smallest absolute Gasteiger partial charge is 0.268 e. The van der Waals surface area contributed by atoms with Gasteiger partial charge in [0.25, 0.3) is 5.88 Å². The van der Waals surface area contributed by atoms with E-state index < -0.39 is 0 Å². The number of aromatic nitrogens is 2. The van der Waals surface area contributed by atoms with Crippen molar-refractivity contribution in [2.24, 2.45) is 0 Å². The molecule has 1 aromatic carbocycles. The molecule has 0 radical (unpaired) electrons. The molecule has 1 N–H and O–H groups in total. The number of nitrogens with zero attached hydrogens (tertiary/aromatic N) is 3. The van der Waals surface area contributed by atoms with E-state index in [2.05, 4.69) is 15.3 Å². The summed E-state index contributed by atoms with van der Waals surface area (Å²) < 4.78 is 11.2. The molecular formula is C15H20N4O2. The predicted molar refractivity (Wildman–Crippen MR) is 83.6 cm³/mol. The van der Waals surface area contributed by atoms with Crippen LogP contribution < -0.4 is 19.7 Å². The number of methoxy groups -OCH3 is 1. The van der Waals surface area contributed by atoms with Crippen molar-refractivity contribution in [2.45, 2.75) is 6.92 Å². The first-order valence-corrected chi connectivity index (χ1v) is 6.73. The summed E-state index contributed by atoms with van der Waals surface area (Å²) in [5.74, 6) is 2.20. The van der Waals surface area contributed by atoms with E-state index >= 15 is 0 Å². The molecule has 0 aliphatic carbocycles. The lowest BCUT2D eigenvalue weighted by atomic mass is 10.3. The van der Waals surface area contributed by atoms with Crippen LogP contribution in [0, 0.1) is 0 Å². The maximum Gasteiger partial charge on any atom is 0.268 e. The van der Waals surface area contributed by atoms with Crippen molar-refractivity contribution in [2.75, 3.05) is 38.0 Å². The van der Waals surface area contributed by atoms with Gasteiger partial charge < -0.3 is 19.7 Å². The van der Waals surface area contributed by atoms with Crippen LogP contribution in [0.3, 0.4) is 0 Å². The molecule has 6 heteroatoms. The van der Waals surface area contributed by atoms with Gasteiger partial charge in [0.1, 0.15) is 12.1 Å². The van der Waals surface area contributed by atoms with Crippen LogP contribution in [0.2, 0.25) is 0 Å². The number of anilines is 2. The Hall–Kier alpha value is -2.50. The summed E-state index contributed by atoms with van der Waals surface area (Å²) in [5, 5.41) is 3.12. The summed E-state index contributed by atoms with van der Waals surface area (Å²) in [7, 11) is 5.53. The molecule has 112 valence electrons. The molecule has 6 nitrogen and oxygen atoms in total. The van der Waals surface area contributed by atoms with Gasteiger partial charge in [0.05, 0.1) is 7.11 Å². The summed E-state index contributed by atoms with van der Waals surface area (Å²) in [5.41, 5.74) is 1.05. The van der Waals surface area contributed by atoms with Crippen molar-refractivity contribution in [1.82, 2.24) is 9.97 Å². The van der Waals surface area contributed by atoms with Crippen LogP contribution in [0.15, 0.2) is 30.6 Å². The minimum Gasteiger partial charge on any atom is -0.489 e. The van der Waals surface area contributed by atoms with Crippen molar-refractivity contribution in [3.63, 3.8) is 0 Å².